The summed E-state index contributed by atoms with van der Waals surface area (Å²) in [6.45, 7) is 4.48. The van der Waals surface area contributed by atoms with Gasteiger partial charge in [0.15, 0.2) is 0 Å². The average Bonchev–Trinajstić information content (AvgIpc) is 2.95. The minimum atomic E-state index is -0.727. The molecule has 2 unspecified atom stereocenters. The molecular weight excluding hydrogens is 348 g/mol. The maximum absolute atomic E-state index is 10.7. The molecular formula is C25H38O3. The molecule has 2 N–H and O–H groups in total. The molecule has 4 atom stereocenters. The van der Waals surface area contributed by atoms with E-state index in [9.17, 15) is 9.90 Å². The Morgan fingerprint density at radius 3 is 2.54 bits per heavy atom. The van der Waals surface area contributed by atoms with Crippen molar-refractivity contribution in [2.75, 3.05) is 0 Å². The van der Waals surface area contributed by atoms with Crippen LogP contribution in [0.25, 0.3) is 0 Å². The van der Waals surface area contributed by atoms with E-state index in [0.717, 1.165) is 25.7 Å². The van der Waals surface area contributed by atoms with E-state index in [0.29, 0.717) is 18.3 Å². The molecule has 1 aromatic carbocycles. The van der Waals surface area contributed by atoms with Gasteiger partial charge in [-0.3, -0.25) is 4.79 Å². The van der Waals surface area contributed by atoms with Gasteiger partial charge in [-0.1, -0.05) is 69.5 Å². The first-order chi connectivity index (χ1) is 13.5. The number of aliphatic hydroxyl groups is 1. The third-order valence-electron chi connectivity index (χ3n) is 6.24. The van der Waals surface area contributed by atoms with Gasteiger partial charge in [0.1, 0.15) is 0 Å². The highest BCUT2D eigenvalue weighted by Gasteiger charge is 2.40. The minimum Gasteiger partial charge on any atom is -0.481 e. The van der Waals surface area contributed by atoms with E-state index in [-0.39, 0.29) is 18.4 Å². The molecule has 0 aromatic heterocycles. The van der Waals surface area contributed by atoms with Crippen molar-refractivity contribution in [3.8, 4) is 0 Å². The number of allylic oxidation sites excluding steroid dienone is 2. The summed E-state index contributed by atoms with van der Waals surface area (Å²) in [7, 11) is 0. The fourth-order valence-corrected chi connectivity index (χ4v) is 4.59. The lowest BCUT2D eigenvalue weighted by molar-refractivity contribution is -0.137. The molecule has 3 heteroatoms. The zero-order valence-corrected chi connectivity index (χ0v) is 17.6. The normalized spacial score (nSPS) is 24.8. The van der Waals surface area contributed by atoms with Crippen molar-refractivity contribution < 1.29 is 15.0 Å². The Labute approximate surface area is 170 Å². The second-order valence-corrected chi connectivity index (χ2v) is 8.52. The summed E-state index contributed by atoms with van der Waals surface area (Å²) in [4.78, 5) is 10.6. The molecule has 0 heterocycles. The maximum atomic E-state index is 10.7. The average molecular weight is 387 g/mol. The fourth-order valence-electron chi connectivity index (χ4n) is 4.59. The molecule has 28 heavy (non-hydrogen) atoms. The van der Waals surface area contributed by atoms with Crippen LogP contribution in [0.15, 0.2) is 36.4 Å². The van der Waals surface area contributed by atoms with Gasteiger partial charge in [0.05, 0.1) is 6.10 Å². The summed E-state index contributed by atoms with van der Waals surface area (Å²) >= 11 is 0. The Kier molecular flexibility index (Phi) is 9.77. The summed E-state index contributed by atoms with van der Waals surface area (Å²) in [6, 6.07) is 8.95. The standard InChI is InChI=1S/C25H38O3/c1-3-4-5-8-11-20-14-16-21(17-15-20)25-22(19(2)18-23(25)26)12-9-6-7-10-13-24(27)28/h6,9,14-17,19,22-23,25-26H,3-5,7-8,10-13,18H2,1-2H3,(H,27,28)/t19?,22?,23-,25-/m1/s1. The number of benzene rings is 1. The predicted molar refractivity (Wildman–Crippen MR) is 116 cm³/mol. The van der Waals surface area contributed by atoms with E-state index in [4.69, 9.17) is 5.11 Å². The second kappa shape index (κ2) is 12.1. The molecule has 1 saturated carbocycles. The monoisotopic (exact) mass is 386 g/mol. The van der Waals surface area contributed by atoms with Crippen LogP contribution in [0, 0.1) is 11.8 Å². The van der Waals surface area contributed by atoms with Gasteiger partial charge in [-0.2, -0.15) is 0 Å². The molecule has 1 aliphatic carbocycles. The molecule has 3 nitrogen and oxygen atoms in total. The lowest BCUT2D eigenvalue weighted by Crippen LogP contribution is -2.17. The number of unbranched alkanes of at least 4 members (excludes halogenated alkanes) is 4. The Hall–Kier alpha value is -1.61. The molecule has 0 spiro atoms. The maximum Gasteiger partial charge on any atom is 0.303 e. The number of aliphatic hydroxyl groups excluding tert-OH is 1. The molecule has 0 radical (unpaired) electrons. The molecule has 0 aliphatic heterocycles. The molecule has 1 fully saturated rings. The van der Waals surface area contributed by atoms with Crippen molar-refractivity contribution in [2.24, 2.45) is 11.8 Å². The van der Waals surface area contributed by atoms with Crippen LogP contribution in [0.2, 0.25) is 0 Å². The Balaban J connectivity index is 1.91. The zero-order valence-electron chi connectivity index (χ0n) is 17.6. The highest BCUT2D eigenvalue weighted by Crippen LogP contribution is 2.45. The van der Waals surface area contributed by atoms with Crippen LogP contribution in [0.1, 0.15) is 88.7 Å². The van der Waals surface area contributed by atoms with Crippen LogP contribution in [0.4, 0.5) is 0 Å². The van der Waals surface area contributed by atoms with Gasteiger partial charge in [0, 0.05) is 12.3 Å². The van der Waals surface area contributed by atoms with Crippen molar-refractivity contribution in [3.05, 3.63) is 47.5 Å². The Bertz CT molecular complexity index is 605. The van der Waals surface area contributed by atoms with E-state index < -0.39 is 5.97 Å². The largest absolute Gasteiger partial charge is 0.481 e. The minimum absolute atomic E-state index is 0.202. The second-order valence-electron chi connectivity index (χ2n) is 8.52. The highest BCUT2D eigenvalue weighted by atomic mass is 16.4. The number of aryl methyl sites for hydroxylation is 1. The summed E-state index contributed by atoms with van der Waals surface area (Å²) in [5, 5.41) is 19.4. The van der Waals surface area contributed by atoms with Crippen LogP contribution >= 0.6 is 0 Å². The summed E-state index contributed by atoms with van der Waals surface area (Å²) in [5.74, 6) is 0.418. The molecule has 0 bridgehead atoms. The van der Waals surface area contributed by atoms with E-state index in [1.807, 2.05) is 0 Å². The first-order valence-corrected chi connectivity index (χ1v) is 11.2. The molecule has 1 aliphatic rings. The number of aliphatic carboxylic acids is 1. The highest BCUT2D eigenvalue weighted by molar-refractivity contribution is 5.66. The first kappa shape index (κ1) is 22.7. The summed E-state index contributed by atoms with van der Waals surface area (Å²) < 4.78 is 0. The van der Waals surface area contributed by atoms with Crippen molar-refractivity contribution in [2.45, 2.75) is 90.1 Å². The van der Waals surface area contributed by atoms with Crippen LogP contribution < -0.4 is 0 Å². The summed E-state index contributed by atoms with van der Waals surface area (Å²) in [5.41, 5.74) is 2.66. The van der Waals surface area contributed by atoms with E-state index in [2.05, 4.69) is 50.3 Å². The smallest absolute Gasteiger partial charge is 0.303 e. The van der Waals surface area contributed by atoms with Crippen LogP contribution in [-0.2, 0) is 11.2 Å². The Morgan fingerprint density at radius 2 is 1.86 bits per heavy atom. The number of carbonyl (C=O) groups is 1. The zero-order chi connectivity index (χ0) is 20.4. The number of rotatable bonds is 12. The number of carboxylic acid groups (broad SMARTS) is 1. The van der Waals surface area contributed by atoms with Gasteiger partial charge in [-0.15, -0.1) is 0 Å². The molecule has 2 rings (SSSR count). The van der Waals surface area contributed by atoms with Gasteiger partial charge in [0.25, 0.3) is 0 Å². The first-order valence-electron chi connectivity index (χ1n) is 11.2. The fraction of sp³-hybridized carbons (Fsp3) is 0.640. The SMILES string of the molecule is CCCCCCc1ccc([C@@H]2C(CC=CCCCC(=O)O)C(C)C[C@H]2O)cc1. The van der Waals surface area contributed by atoms with Crippen molar-refractivity contribution in [1.82, 2.24) is 0 Å². The van der Waals surface area contributed by atoms with Crippen LogP contribution in [0.3, 0.4) is 0 Å². The quantitative estimate of drug-likeness (QED) is 0.336. The van der Waals surface area contributed by atoms with Crippen LogP contribution in [0.5, 0.6) is 0 Å². The van der Waals surface area contributed by atoms with E-state index >= 15 is 0 Å². The summed E-state index contributed by atoms with van der Waals surface area (Å²) in [6.07, 6.45) is 13.9. The number of carboxylic acids is 1. The Morgan fingerprint density at radius 1 is 1.11 bits per heavy atom. The lowest BCUT2D eigenvalue weighted by Gasteiger charge is -2.24. The van der Waals surface area contributed by atoms with Gasteiger partial charge in [-0.05, 0) is 61.5 Å². The lowest BCUT2D eigenvalue weighted by atomic mass is 9.82. The van der Waals surface area contributed by atoms with E-state index in [1.54, 1.807) is 0 Å². The number of hydrogen-bond acceptors (Lipinski definition) is 2. The third-order valence-corrected chi connectivity index (χ3v) is 6.24. The van der Waals surface area contributed by atoms with Gasteiger partial charge in [-0.25, -0.2) is 0 Å². The van der Waals surface area contributed by atoms with Gasteiger partial charge < -0.3 is 10.2 Å². The molecule has 0 saturated heterocycles. The third kappa shape index (κ3) is 7.09. The molecule has 0 amide bonds. The molecule has 156 valence electrons. The van der Waals surface area contributed by atoms with Gasteiger partial charge >= 0.3 is 5.97 Å². The predicted octanol–water partition coefficient (Wildman–Crippen LogP) is 6.11. The van der Waals surface area contributed by atoms with Gasteiger partial charge in [0.2, 0.25) is 0 Å². The molecule has 1 aromatic rings. The van der Waals surface area contributed by atoms with Crippen LogP contribution in [-0.4, -0.2) is 22.3 Å². The van der Waals surface area contributed by atoms with Crippen molar-refractivity contribution in [1.29, 1.82) is 0 Å². The van der Waals surface area contributed by atoms with Crippen molar-refractivity contribution in [3.63, 3.8) is 0 Å². The van der Waals surface area contributed by atoms with E-state index in [1.165, 1.54) is 36.8 Å². The van der Waals surface area contributed by atoms with Crippen molar-refractivity contribution >= 4 is 5.97 Å². The topological polar surface area (TPSA) is 57.5 Å². The number of hydrogen-bond donors (Lipinski definition) is 2.